The average molecular weight is 577 g/mol. The highest BCUT2D eigenvalue weighted by atomic mass is 19.1. The Labute approximate surface area is 247 Å². The number of halogens is 1. The van der Waals surface area contributed by atoms with Crippen molar-refractivity contribution in [3.05, 3.63) is 84.6 Å². The smallest absolute Gasteiger partial charge is 0.322 e. The van der Waals surface area contributed by atoms with Crippen LogP contribution in [0.1, 0.15) is 25.0 Å². The molecule has 0 radical (unpaired) electrons. The van der Waals surface area contributed by atoms with E-state index in [9.17, 15) is 4.79 Å². The predicted molar refractivity (Wildman–Crippen MR) is 162 cm³/mol. The summed E-state index contributed by atoms with van der Waals surface area (Å²) in [6, 6.07) is 14.2. The molecule has 3 N–H and O–H groups in total. The molecule has 9 nitrogen and oxygen atoms in total. The molecule has 2 aliphatic rings. The second-order valence-corrected chi connectivity index (χ2v) is 10.9. The number of aryl methyl sites for hydroxylation is 2. The third-order valence-corrected chi connectivity index (χ3v) is 7.83. The topological polar surface area (TPSA) is 117 Å². The number of aromatic nitrogens is 4. The third kappa shape index (κ3) is 4.94. The van der Waals surface area contributed by atoms with Crippen molar-refractivity contribution in [2.45, 2.75) is 32.7 Å². The molecule has 4 heterocycles. The van der Waals surface area contributed by atoms with Crippen LogP contribution in [0.5, 0.6) is 17.5 Å². The summed E-state index contributed by atoms with van der Waals surface area (Å²) >= 11 is 0. The molecule has 1 aliphatic heterocycles. The Morgan fingerprint density at radius 3 is 2.67 bits per heavy atom. The summed E-state index contributed by atoms with van der Waals surface area (Å²) in [6.45, 7) is 6.96. The van der Waals surface area contributed by atoms with Crippen LogP contribution in [0, 0.1) is 18.7 Å². The number of nitrogens with zero attached hydrogens (tertiary/aromatic N) is 4. The molecule has 3 aromatic heterocycles. The van der Waals surface area contributed by atoms with Crippen LogP contribution >= 0.6 is 0 Å². The van der Waals surface area contributed by atoms with Crippen LogP contribution in [0.15, 0.2) is 73.1 Å². The zero-order chi connectivity index (χ0) is 29.7. The summed E-state index contributed by atoms with van der Waals surface area (Å²) < 4.78 is 29.5. The Hall–Kier alpha value is -5.25. The number of nitrogen functional groups attached to an aromatic ring is 1. The first kappa shape index (κ1) is 26.6. The van der Waals surface area contributed by atoms with Gasteiger partial charge < -0.3 is 25.1 Å². The maximum Gasteiger partial charge on any atom is 0.322 e. The molecular formula is C33H29FN6O3. The van der Waals surface area contributed by atoms with E-state index in [-0.39, 0.29) is 23.6 Å². The Bertz CT molecular complexity index is 1910. The molecule has 216 valence electrons. The van der Waals surface area contributed by atoms with E-state index >= 15 is 4.39 Å². The lowest BCUT2D eigenvalue weighted by Crippen LogP contribution is -2.14. The molecule has 0 spiro atoms. The highest BCUT2D eigenvalue weighted by Gasteiger charge is 2.29. The fourth-order valence-corrected chi connectivity index (χ4v) is 5.55. The van der Waals surface area contributed by atoms with Crippen LogP contribution in [0.3, 0.4) is 0 Å². The molecule has 10 heteroatoms. The van der Waals surface area contributed by atoms with E-state index in [1.54, 1.807) is 30.6 Å². The van der Waals surface area contributed by atoms with Gasteiger partial charge in [0.15, 0.2) is 17.3 Å². The normalized spacial score (nSPS) is 14.2. The van der Waals surface area contributed by atoms with Crippen molar-refractivity contribution in [2.75, 3.05) is 17.7 Å². The summed E-state index contributed by atoms with van der Waals surface area (Å²) in [5, 5.41) is 3.63. The highest BCUT2D eigenvalue weighted by molar-refractivity contribution is 6.11. The summed E-state index contributed by atoms with van der Waals surface area (Å²) in [4.78, 5) is 25.3. The van der Waals surface area contributed by atoms with Crippen molar-refractivity contribution in [3.63, 3.8) is 0 Å². The monoisotopic (exact) mass is 576 g/mol. The Kier molecular flexibility index (Phi) is 6.53. The van der Waals surface area contributed by atoms with E-state index in [1.807, 2.05) is 31.2 Å². The van der Waals surface area contributed by atoms with E-state index in [1.165, 1.54) is 6.07 Å². The van der Waals surface area contributed by atoms with Crippen LogP contribution < -0.4 is 20.5 Å². The molecule has 5 aromatic rings. The van der Waals surface area contributed by atoms with Gasteiger partial charge in [0.1, 0.15) is 5.82 Å². The van der Waals surface area contributed by atoms with E-state index in [0.717, 1.165) is 41.6 Å². The predicted octanol–water partition coefficient (Wildman–Crippen LogP) is 6.67. The van der Waals surface area contributed by atoms with Crippen LogP contribution in [0.4, 0.5) is 15.9 Å². The van der Waals surface area contributed by atoms with Crippen molar-refractivity contribution < 1.29 is 18.7 Å². The number of benzene rings is 2. The number of amides is 1. The van der Waals surface area contributed by atoms with Gasteiger partial charge in [-0.25, -0.2) is 19.3 Å². The third-order valence-electron chi connectivity index (χ3n) is 7.83. The van der Waals surface area contributed by atoms with E-state index < -0.39 is 5.82 Å². The van der Waals surface area contributed by atoms with Gasteiger partial charge in [-0.15, -0.1) is 0 Å². The van der Waals surface area contributed by atoms with E-state index in [4.69, 9.17) is 15.2 Å². The van der Waals surface area contributed by atoms with Crippen molar-refractivity contribution in [2.24, 2.45) is 5.92 Å². The van der Waals surface area contributed by atoms with Gasteiger partial charge in [0.25, 0.3) is 5.91 Å². The second-order valence-electron chi connectivity index (χ2n) is 10.9. The molecular weight excluding hydrogens is 547 g/mol. The van der Waals surface area contributed by atoms with Gasteiger partial charge in [0.05, 0.1) is 29.4 Å². The number of ether oxygens (including phenoxy) is 2. The van der Waals surface area contributed by atoms with Gasteiger partial charge in [-0.2, -0.15) is 0 Å². The molecule has 1 fully saturated rings. The number of hydrogen-bond acceptors (Lipinski definition) is 7. The minimum atomic E-state index is -0.575. The first-order valence-electron chi connectivity index (χ1n) is 14.2. The lowest BCUT2D eigenvalue weighted by Gasteiger charge is -2.14. The molecule has 43 heavy (non-hydrogen) atoms. The first-order chi connectivity index (χ1) is 20.9. The summed E-state index contributed by atoms with van der Waals surface area (Å²) in [7, 11) is 0. The lowest BCUT2D eigenvalue weighted by molar-refractivity contribution is -0.113. The maximum absolute atomic E-state index is 15.6. The van der Waals surface area contributed by atoms with Crippen molar-refractivity contribution >= 4 is 28.3 Å². The molecule has 0 atom stereocenters. The maximum atomic E-state index is 15.6. The molecule has 1 amide bonds. The molecule has 0 bridgehead atoms. The highest BCUT2D eigenvalue weighted by Crippen LogP contribution is 2.47. The number of nitrogens with one attached hydrogen (secondary N) is 1. The zero-order valence-electron chi connectivity index (χ0n) is 23.6. The van der Waals surface area contributed by atoms with Gasteiger partial charge in [0.2, 0.25) is 0 Å². The Balaban J connectivity index is 1.34. The van der Waals surface area contributed by atoms with Crippen molar-refractivity contribution in [3.8, 4) is 39.9 Å². The van der Waals surface area contributed by atoms with Gasteiger partial charge in [-0.1, -0.05) is 24.8 Å². The van der Waals surface area contributed by atoms with Crippen LogP contribution in [-0.4, -0.2) is 32.0 Å². The largest absolute Gasteiger partial charge is 0.490 e. The standard InChI is InChI=1S/C33H29FN6O3/c1-18-12-13-36-33(38-18)43-25-11-8-22(16-24(25)34)27-28-30-26(17-37-31(28)35)42-15-3-14-40(30)29(27)21-6-9-23(10-7-21)39-32(41)19(2)20-4-5-20/h6-13,16-17,20H,2-5,14-15H2,1H3,(H2,35,37)(H,39,41). The number of carbonyl (C=O) groups excluding carboxylic acids is 1. The van der Waals surface area contributed by atoms with E-state index in [2.05, 4.69) is 31.4 Å². The quantitative estimate of drug-likeness (QED) is 0.208. The lowest BCUT2D eigenvalue weighted by atomic mass is 9.98. The minimum Gasteiger partial charge on any atom is -0.490 e. The number of hydrogen-bond donors (Lipinski definition) is 2. The molecule has 0 saturated heterocycles. The Morgan fingerprint density at radius 2 is 1.93 bits per heavy atom. The first-order valence-corrected chi connectivity index (χ1v) is 14.2. The van der Waals surface area contributed by atoms with Crippen LogP contribution in [-0.2, 0) is 11.3 Å². The summed E-state index contributed by atoms with van der Waals surface area (Å²) in [6.07, 6.45) is 5.98. The summed E-state index contributed by atoms with van der Waals surface area (Å²) in [5.41, 5.74) is 12.3. The molecule has 7 rings (SSSR count). The van der Waals surface area contributed by atoms with E-state index in [0.29, 0.717) is 52.6 Å². The number of anilines is 2. The summed E-state index contributed by atoms with van der Waals surface area (Å²) in [5.74, 6) is 0.483. The second kappa shape index (κ2) is 10.5. The van der Waals surface area contributed by atoms with Gasteiger partial charge >= 0.3 is 6.01 Å². The molecule has 0 unspecified atom stereocenters. The number of pyridine rings is 1. The van der Waals surface area contributed by atoms with Gasteiger partial charge in [-0.05, 0) is 73.6 Å². The van der Waals surface area contributed by atoms with Crippen molar-refractivity contribution in [1.82, 2.24) is 19.5 Å². The zero-order valence-corrected chi connectivity index (χ0v) is 23.6. The average Bonchev–Trinajstić information content (AvgIpc) is 3.82. The van der Waals surface area contributed by atoms with Crippen LogP contribution in [0.25, 0.3) is 33.3 Å². The van der Waals surface area contributed by atoms with Crippen LogP contribution in [0.2, 0.25) is 0 Å². The number of rotatable bonds is 7. The molecule has 1 saturated carbocycles. The number of carbonyl (C=O) groups is 1. The number of nitrogens with two attached hydrogens (primary N) is 1. The fourth-order valence-electron chi connectivity index (χ4n) is 5.55. The molecule has 1 aliphatic carbocycles. The van der Waals surface area contributed by atoms with Gasteiger partial charge in [0, 0.05) is 35.3 Å². The Morgan fingerprint density at radius 1 is 1.14 bits per heavy atom. The van der Waals surface area contributed by atoms with Gasteiger partial charge in [-0.3, -0.25) is 4.79 Å². The van der Waals surface area contributed by atoms with Crippen molar-refractivity contribution in [1.29, 1.82) is 0 Å². The molecule has 2 aromatic carbocycles. The minimum absolute atomic E-state index is 0.00348. The SMILES string of the molecule is C=C(C(=O)Nc1ccc(-c2c(-c3ccc(Oc4nccc(C)n4)c(F)c3)c3c(N)ncc4c3n2CCCO4)cc1)C1CC1. The fraction of sp³-hybridized carbons (Fsp3) is 0.212.